The molecule has 0 saturated carbocycles. The van der Waals surface area contributed by atoms with Crippen LogP contribution in [-0.4, -0.2) is 56.3 Å². The lowest BCUT2D eigenvalue weighted by atomic mass is 10.0. The molecule has 1 amide bonds. The average Bonchev–Trinajstić information content (AvgIpc) is 3.64. The third-order valence-corrected chi connectivity index (χ3v) is 8.58. The van der Waals surface area contributed by atoms with E-state index in [4.69, 9.17) is 0 Å². The van der Waals surface area contributed by atoms with E-state index in [0.29, 0.717) is 41.0 Å². The number of halogens is 4. The summed E-state index contributed by atoms with van der Waals surface area (Å²) in [5, 5.41) is 21.5. The van der Waals surface area contributed by atoms with Crippen molar-refractivity contribution in [2.24, 2.45) is 7.05 Å². The summed E-state index contributed by atoms with van der Waals surface area (Å²) in [4.78, 5) is 21.0. The van der Waals surface area contributed by atoms with Crippen molar-refractivity contribution in [1.29, 1.82) is 0 Å². The summed E-state index contributed by atoms with van der Waals surface area (Å²) in [6.45, 7) is 1.31. The van der Waals surface area contributed by atoms with Crippen LogP contribution < -0.4 is 10.2 Å². The number of nitrogens with one attached hydrogen (secondary N) is 1. The van der Waals surface area contributed by atoms with Gasteiger partial charge in [-0.2, -0.15) is 13.2 Å². The van der Waals surface area contributed by atoms with E-state index in [1.165, 1.54) is 52.4 Å². The fourth-order valence-electron chi connectivity index (χ4n) is 5.25. The van der Waals surface area contributed by atoms with Crippen molar-refractivity contribution in [3.8, 4) is 21.7 Å². The molecule has 8 nitrogen and oxygen atoms in total. The Morgan fingerprint density at radius 3 is 2.56 bits per heavy atom. The van der Waals surface area contributed by atoms with Gasteiger partial charge in [-0.05, 0) is 54.8 Å². The second-order valence-corrected chi connectivity index (χ2v) is 11.5. The molecule has 1 unspecified atom stereocenters. The maximum Gasteiger partial charge on any atom is 0.418 e. The smallest absolute Gasteiger partial charge is 0.379 e. The molecule has 13 heteroatoms. The highest BCUT2D eigenvalue weighted by Gasteiger charge is 2.39. The molecule has 4 heterocycles. The monoisotopic (exact) mass is 610 g/mol. The molecule has 0 aliphatic carbocycles. The van der Waals surface area contributed by atoms with Crippen molar-refractivity contribution in [3.63, 3.8) is 0 Å². The fourth-order valence-corrected chi connectivity index (χ4v) is 6.30. The predicted molar refractivity (Wildman–Crippen MR) is 155 cm³/mol. The van der Waals surface area contributed by atoms with Gasteiger partial charge < -0.3 is 10.4 Å². The molecule has 1 aliphatic heterocycles. The van der Waals surface area contributed by atoms with Crippen LogP contribution >= 0.6 is 11.3 Å². The lowest BCUT2D eigenvalue weighted by molar-refractivity contribution is -0.206. The van der Waals surface area contributed by atoms with Crippen molar-refractivity contribution in [1.82, 2.24) is 25.3 Å². The van der Waals surface area contributed by atoms with Crippen LogP contribution in [-0.2, 0) is 7.05 Å². The molecule has 222 valence electrons. The molecule has 43 heavy (non-hydrogen) atoms. The summed E-state index contributed by atoms with van der Waals surface area (Å²) in [6, 6.07) is 13.2. The number of benzene rings is 2. The molecule has 1 saturated heterocycles. The standard InChI is InChI=1S/C30H26F4N6O2S/c1-39-16-24(37-38-39)19-8-9-21(23(31)13-19)29(42)40(20-3-2-11-35-15-20)28-22-14-26(43-25(22)10-12-36-28)17-4-6-18(7-5-17)27(41)30(32,33)34/h4-10,12-14,16,20,27,35,41H,2-3,11,15H2,1H3/t20-,27?/m1/s1. The van der Waals surface area contributed by atoms with Gasteiger partial charge in [0, 0.05) is 40.3 Å². The molecule has 6 rings (SSSR count). The maximum atomic E-state index is 15.5. The molecule has 3 aromatic heterocycles. The molecule has 2 aromatic carbocycles. The number of pyridine rings is 1. The van der Waals surface area contributed by atoms with E-state index < -0.39 is 24.0 Å². The first-order valence-electron chi connectivity index (χ1n) is 13.5. The van der Waals surface area contributed by atoms with Crippen LogP contribution in [0.4, 0.5) is 23.4 Å². The quantitative estimate of drug-likeness (QED) is 0.233. The number of aromatic nitrogens is 4. The van der Waals surface area contributed by atoms with Crippen LogP contribution in [0, 0.1) is 5.82 Å². The topological polar surface area (TPSA) is 96.2 Å². The first kappa shape index (κ1) is 28.9. The number of thiophene rings is 1. The molecule has 5 aromatic rings. The number of piperidine rings is 1. The maximum absolute atomic E-state index is 15.5. The van der Waals surface area contributed by atoms with Crippen molar-refractivity contribution < 1.29 is 27.5 Å². The minimum absolute atomic E-state index is 0.105. The van der Waals surface area contributed by atoms with Gasteiger partial charge in [0.25, 0.3) is 5.91 Å². The van der Waals surface area contributed by atoms with Gasteiger partial charge in [0.2, 0.25) is 0 Å². The molecule has 2 N–H and O–H groups in total. The van der Waals surface area contributed by atoms with Crippen molar-refractivity contribution in [2.75, 3.05) is 18.0 Å². The zero-order valence-corrected chi connectivity index (χ0v) is 23.7. The van der Waals surface area contributed by atoms with E-state index in [2.05, 4.69) is 20.6 Å². The van der Waals surface area contributed by atoms with Gasteiger partial charge in [-0.15, -0.1) is 16.4 Å². The van der Waals surface area contributed by atoms with E-state index >= 15 is 4.39 Å². The summed E-state index contributed by atoms with van der Waals surface area (Å²) < 4.78 is 56.7. The lowest BCUT2D eigenvalue weighted by Gasteiger charge is -2.34. The number of hydrogen-bond donors (Lipinski definition) is 2. The van der Waals surface area contributed by atoms with Crippen molar-refractivity contribution in [3.05, 3.63) is 83.9 Å². The molecule has 0 bridgehead atoms. The second kappa shape index (κ2) is 11.5. The number of hydrogen-bond acceptors (Lipinski definition) is 7. The Labute approximate surface area is 247 Å². The zero-order valence-electron chi connectivity index (χ0n) is 22.8. The van der Waals surface area contributed by atoms with Gasteiger partial charge in [-0.3, -0.25) is 14.4 Å². The van der Waals surface area contributed by atoms with Crippen LogP contribution in [0.5, 0.6) is 0 Å². The Balaban J connectivity index is 1.38. The van der Waals surface area contributed by atoms with Crippen LogP contribution in [0.15, 0.2) is 67.0 Å². The largest absolute Gasteiger partial charge is 0.418 e. The van der Waals surface area contributed by atoms with E-state index in [9.17, 15) is 23.1 Å². The Bertz CT molecular complexity index is 1780. The van der Waals surface area contributed by atoms with Gasteiger partial charge in [-0.1, -0.05) is 35.5 Å². The minimum atomic E-state index is -4.76. The Morgan fingerprint density at radius 2 is 1.91 bits per heavy atom. The van der Waals surface area contributed by atoms with Crippen LogP contribution in [0.1, 0.15) is 34.9 Å². The first-order valence-corrected chi connectivity index (χ1v) is 14.4. The minimum Gasteiger partial charge on any atom is -0.379 e. The van der Waals surface area contributed by atoms with E-state index in [1.54, 1.807) is 36.5 Å². The molecular weight excluding hydrogens is 584 g/mol. The molecule has 2 atom stereocenters. The van der Waals surface area contributed by atoms with E-state index in [1.807, 2.05) is 6.07 Å². The number of amides is 1. The Morgan fingerprint density at radius 1 is 1.14 bits per heavy atom. The van der Waals surface area contributed by atoms with Gasteiger partial charge in [-0.25, -0.2) is 9.37 Å². The summed E-state index contributed by atoms with van der Waals surface area (Å²) in [5.74, 6) is -0.850. The van der Waals surface area contributed by atoms with Crippen LogP contribution in [0.2, 0.25) is 0 Å². The number of alkyl halides is 3. The first-order chi connectivity index (χ1) is 20.6. The van der Waals surface area contributed by atoms with Crippen molar-refractivity contribution in [2.45, 2.75) is 31.2 Å². The van der Waals surface area contributed by atoms with Crippen molar-refractivity contribution >= 4 is 33.1 Å². The number of rotatable bonds is 6. The number of fused-ring (bicyclic) bond motifs is 1. The molecule has 1 aliphatic rings. The van der Waals surface area contributed by atoms with Crippen LogP contribution in [0.3, 0.4) is 0 Å². The second-order valence-electron chi connectivity index (χ2n) is 10.4. The summed E-state index contributed by atoms with van der Waals surface area (Å²) in [5.41, 5.74) is 1.25. The summed E-state index contributed by atoms with van der Waals surface area (Å²) >= 11 is 1.39. The Kier molecular flexibility index (Phi) is 7.71. The number of aliphatic hydroxyl groups excluding tert-OH is 1. The van der Waals surface area contributed by atoms with Gasteiger partial charge in [0.05, 0.1) is 17.8 Å². The molecule has 0 spiro atoms. The predicted octanol–water partition coefficient (Wildman–Crippen LogP) is 5.89. The normalized spacial score (nSPS) is 16.4. The van der Waals surface area contributed by atoms with E-state index in [-0.39, 0.29) is 17.2 Å². The van der Waals surface area contributed by atoms with Gasteiger partial charge >= 0.3 is 6.18 Å². The molecular formula is C30H26F4N6O2S. The zero-order chi connectivity index (χ0) is 30.3. The number of carbonyl (C=O) groups is 1. The number of aliphatic hydroxyl groups is 1. The Hall–Kier alpha value is -4.20. The number of carbonyl (C=O) groups excluding carboxylic acids is 1. The molecule has 1 fully saturated rings. The number of nitrogens with zero attached hydrogens (tertiary/aromatic N) is 5. The number of aryl methyl sites for hydroxylation is 1. The summed E-state index contributed by atoms with van der Waals surface area (Å²) in [6.07, 6.45) is -2.58. The third-order valence-electron chi connectivity index (χ3n) is 7.43. The average molecular weight is 611 g/mol. The summed E-state index contributed by atoms with van der Waals surface area (Å²) in [7, 11) is 1.71. The lowest BCUT2D eigenvalue weighted by Crippen LogP contribution is -2.49. The third kappa shape index (κ3) is 5.75. The highest BCUT2D eigenvalue weighted by Crippen LogP contribution is 2.40. The number of anilines is 1. The highest BCUT2D eigenvalue weighted by molar-refractivity contribution is 7.22. The van der Waals surface area contributed by atoms with Crippen LogP contribution in [0.25, 0.3) is 31.8 Å². The molecule has 0 radical (unpaired) electrons. The SMILES string of the molecule is Cn1cc(-c2ccc(C(=O)N(c3nccc4sc(-c5ccc(C(O)C(F)(F)F)cc5)cc34)[C@@H]3CCCNC3)c(F)c2)nn1. The highest BCUT2D eigenvalue weighted by atomic mass is 32.1. The van der Waals surface area contributed by atoms with Gasteiger partial charge in [0.15, 0.2) is 6.10 Å². The van der Waals surface area contributed by atoms with Gasteiger partial charge in [0.1, 0.15) is 17.3 Å². The van der Waals surface area contributed by atoms with E-state index in [0.717, 1.165) is 22.5 Å². The fraction of sp³-hybridized carbons (Fsp3) is 0.267.